The molecule has 6 nitrogen and oxygen atoms in total. The number of esters is 3. The van der Waals surface area contributed by atoms with Gasteiger partial charge in [-0.15, -0.1) is 0 Å². The molecule has 0 aromatic carbocycles. The Balaban J connectivity index is 4.51. The van der Waals surface area contributed by atoms with Gasteiger partial charge < -0.3 is 14.2 Å². The van der Waals surface area contributed by atoms with E-state index in [-0.39, 0.29) is 37.5 Å². The van der Waals surface area contributed by atoms with Gasteiger partial charge in [-0.05, 0) is 89.9 Å². The van der Waals surface area contributed by atoms with E-state index in [1.807, 2.05) is 12.2 Å². The molecular weight excluding hydrogens is 781 g/mol. The predicted molar refractivity (Wildman–Crippen MR) is 270 cm³/mol. The summed E-state index contributed by atoms with van der Waals surface area (Å²) in [7, 11) is 0. The van der Waals surface area contributed by atoms with Crippen molar-refractivity contribution in [3.05, 3.63) is 97.2 Å². The third-order valence-electron chi connectivity index (χ3n) is 10.6. The van der Waals surface area contributed by atoms with Gasteiger partial charge in [-0.25, -0.2) is 0 Å². The van der Waals surface area contributed by atoms with E-state index in [1.165, 1.54) is 77.0 Å². The maximum absolute atomic E-state index is 12.8. The molecule has 0 amide bonds. The Morgan fingerprint density at radius 2 is 0.651 bits per heavy atom. The lowest BCUT2D eigenvalue weighted by molar-refractivity contribution is -0.166. The molecule has 0 radical (unpaired) electrons. The van der Waals surface area contributed by atoms with Crippen molar-refractivity contribution in [2.75, 3.05) is 13.2 Å². The number of rotatable bonds is 45. The molecule has 0 aliphatic heterocycles. The Bertz CT molecular complexity index is 1280. The summed E-state index contributed by atoms with van der Waals surface area (Å²) in [6.07, 6.45) is 66.8. The fourth-order valence-electron chi connectivity index (χ4n) is 6.73. The molecule has 0 saturated carbocycles. The van der Waals surface area contributed by atoms with Crippen molar-refractivity contribution in [3.8, 4) is 0 Å². The molecule has 0 aliphatic carbocycles. The average molecular weight is 875 g/mol. The van der Waals surface area contributed by atoms with Crippen molar-refractivity contribution in [1.29, 1.82) is 0 Å². The molecule has 0 saturated heterocycles. The molecule has 0 aromatic heterocycles. The van der Waals surface area contributed by atoms with Crippen molar-refractivity contribution in [2.24, 2.45) is 0 Å². The fourth-order valence-corrected chi connectivity index (χ4v) is 6.73. The highest BCUT2D eigenvalue weighted by Gasteiger charge is 2.19. The fraction of sp³-hybridized carbons (Fsp3) is 0.667. The van der Waals surface area contributed by atoms with Gasteiger partial charge in [0.05, 0.1) is 0 Å². The Labute approximate surface area is 387 Å². The topological polar surface area (TPSA) is 78.9 Å². The third-order valence-corrected chi connectivity index (χ3v) is 10.6. The number of carbonyl (C=O) groups is 3. The van der Waals surface area contributed by atoms with Crippen LogP contribution in [-0.2, 0) is 28.6 Å². The minimum atomic E-state index is -0.813. The summed E-state index contributed by atoms with van der Waals surface area (Å²) >= 11 is 0. The zero-order valence-corrected chi connectivity index (χ0v) is 40.8. The Kier molecular flexibility index (Phi) is 48.0. The van der Waals surface area contributed by atoms with Gasteiger partial charge in [-0.2, -0.15) is 0 Å². The predicted octanol–water partition coefficient (Wildman–Crippen LogP) is 17.0. The van der Waals surface area contributed by atoms with Gasteiger partial charge in [0.1, 0.15) is 13.2 Å². The van der Waals surface area contributed by atoms with Gasteiger partial charge in [0.2, 0.25) is 0 Å². The van der Waals surface area contributed by atoms with Crippen molar-refractivity contribution in [2.45, 2.75) is 232 Å². The second-order valence-electron chi connectivity index (χ2n) is 16.7. The first-order valence-corrected chi connectivity index (χ1v) is 25.7. The molecule has 0 fully saturated rings. The van der Waals surface area contributed by atoms with Gasteiger partial charge in [0.25, 0.3) is 0 Å². The highest BCUT2D eigenvalue weighted by Crippen LogP contribution is 2.14. The standard InChI is InChI=1S/C57H94O6/c1-4-7-10-13-16-19-22-24-26-27-28-29-31-32-35-38-41-44-47-50-56(59)62-53-54(52-61-55(58)49-46-43-40-37-34-21-18-15-12-9-6-3)63-57(60)51-48-45-42-39-36-33-30-25-23-20-17-14-11-8-5-2/h7,10,16-17,19-20,24-26,28-30,32,35,41,44,54H,4-6,8-9,11-15,18,21-23,27,31,33-34,36-40,42-43,45-53H2,1-3H3/b10-7-,19-16-,20-17-,26-24-,29-28-,30-25-,35-32-,44-41-. The molecule has 358 valence electrons. The van der Waals surface area contributed by atoms with Gasteiger partial charge in [-0.1, -0.05) is 214 Å². The van der Waals surface area contributed by atoms with E-state index >= 15 is 0 Å². The molecule has 1 atom stereocenters. The van der Waals surface area contributed by atoms with Crippen LogP contribution in [0.3, 0.4) is 0 Å². The SMILES string of the molecule is CC/C=C\C/C=C\C/C=C\C/C=C\C/C=C\C/C=C\CCC(=O)OCC(COC(=O)CCCCCCCCCCCCC)OC(=O)CCCCCCC/C=C\C/C=C\CCCCC. The first-order chi connectivity index (χ1) is 31.0. The van der Waals surface area contributed by atoms with E-state index < -0.39 is 6.10 Å². The summed E-state index contributed by atoms with van der Waals surface area (Å²) in [5.74, 6) is -1.01. The maximum Gasteiger partial charge on any atom is 0.306 e. The third kappa shape index (κ3) is 49.2. The maximum atomic E-state index is 12.8. The van der Waals surface area contributed by atoms with Crippen LogP contribution >= 0.6 is 0 Å². The molecule has 6 heteroatoms. The van der Waals surface area contributed by atoms with Crippen LogP contribution in [0.15, 0.2) is 97.2 Å². The Hall–Kier alpha value is -3.67. The van der Waals surface area contributed by atoms with E-state index in [0.29, 0.717) is 19.3 Å². The van der Waals surface area contributed by atoms with Crippen molar-refractivity contribution in [1.82, 2.24) is 0 Å². The second kappa shape index (κ2) is 51.0. The molecule has 0 spiro atoms. The van der Waals surface area contributed by atoms with Crippen LogP contribution in [0.1, 0.15) is 226 Å². The lowest BCUT2D eigenvalue weighted by Gasteiger charge is -2.18. The average Bonchev–Trinajstić information content (AvgIpc) is 3.28. The van der Waals surface area contributed by atoms with Crippen LogP contribution in [0, 0.1) is 0 Å². The largest absolute Gasteiger partial charge is 0.462 e. The number of hydrogen-bond acceptors (Lipinski definition) is 6. The quantitative estimate of drug-likeness (QED) is 0.0262. The van der Waals surface area contributed by atoms with E-state index in [2.05, 4.69) is 106 Å². The van der Waals surface area contributed by atoms with Crippen LogP contribution in [0.5, 0.6) is 0 Å². The first-order valence-electron chi connectivity index (χ1n) is 25.7. The van der Waals surface area contributed by atoms with E-state index in [9.17, 15) is 14.4 Å². The van der Waals surface area contributed by atoms with Crippen LogP contribution in [0.4, 0.5) is 0 Å². The summed E-state index contributed by atoms with van der Waals surface area (Å²) < 4.78 is 16.7. The highest BCUT2D eigenvalue weighted by molar-refractivity contribution is 5.71. The van der Waals surface area contributed by atoms with Gasteiger partial charge in [-0.3, -0.25) is 14.4 Å². The molecular formula is C57H94O6. The zero-order chi connectivity index (χ0) is 45.8. The van der Waals surface area contributed by atoms with Gasteiger partial charge >= 0.3 is 17.9 Å². The van der Waals surface area contributed by atoms with Crippen LogP contribution in [0.2, 0.25) is 0 Å². The van der Waals surface area contributed by atoms with Crippen LogP contribution < -0.4 is 0 Å². The van der Waals surface area contributed by atoms with Crippen molar-refractivity contribution in [3.63, 3.8) is 0 Å². The summed E-state index contributed by atoms with van der Waals surface area (Å²) in [6.45, 7) is 6.40. The Morgan fingerprint density at radius 1 is 0.333 bits per heavy atom. The minimum absolute atomic E-state index is 0.106. The summed E-state index contributed by atoms with van der Waals surface area (Å²) in [4.78, 5) is 37.9. The van der Waals surface area contributed by atoms with Crippen molar-refractivity contribution >= 4 is 17.9 Å². The van der Waals surface area contributed by atoms with Gasteiger partial charge in [0.15, 0.2) is 6.10 Å². The summed E-state index contributed by atoms with van der Waals surface area (Å²) in [6, 6.07) is 0. The number of unbranched alkanes of at least 4 members (excludes halogenated alkanes) is 18. The van der Waals surface area contributed by atoms with Crippen molar-refractivity contribution < 1.29 is 28.6 Å². The Morgan fingerprint density at radius 3 is 1.10 bits per heavy atom. The lowest BCUT2D eigenvalue weighted by atomic mass is 10.1. The normalized spacial score (nSPS) is 12.9. The van der Waals surface area contributed by atoms with E-state index in [4.69, 9.17) is 14.2 Å². The monoisotopic (exact) mass is 875 g/mol. The molecule has 0 heterocycles. The number of hydrogen-bond donors (Lipinski definition) is 0. The minimum Gasteiger partial charge on any atom is -0.462 e. The number of ether oxygens (including phenoxy) is 3. The molecule has 0 aromatic rings. The summed E-state index contributed by atoms with van der Waals surface area (Å²) in [5.41, 5.74) is 0. The molecule has 1 unspecified atom stereocenters. The molecule has 63 heavy (non-hydrogen) atoms. The molecule has 0 bridgehead atoms. The number of allylic oxidation sites excluding steroid dienone is 16. The smallest absolute Gasteiger partial charge is 0.306 e. The van der Waals surface area contributed by atoms with E-state index in [0.717, 1.165) is 103 Å². The molecule has 0 aliphatic rings. The second-order valence-corrected chi connectivity index (χ2v) is 16.7. The van der Waals surface area contributed by atoms with E-state index in [1.54, 1.807) is 0 Å². The highest BCUT2D eigenvalue weighted by atomic mass is 16.6. The first kappa shape index (κ1) is 59.3. The van der Waals surface area contributed by atoms with Crippen LogP contribution in [-0.4, -0.2) is 37.2 Å². The number of carbonyl (C=O) groups excluding carboxylic acids is 3. The van der Waals surface area contributed by atoms with Gasteiger partial charge in [0, 0.05) is 19.3 Å². The molecule has 0 rings (SSSR count). The zero-order valence-electron chi connectivity index (χ0n) is 40.8. The summed E-state index contributed by atoms with van der Waals surface area (Å²) in [5, 5.41) is 0. The molecule has 0 N–H and O–H groups in total. The van der Waals surface area contributed by atoms with Crippen LogP contribution in [0.25, 0.3) is 0 Å². The lowest BCUT2D eigenvalue weighted by Crippen LogP contribution is -2.30.